The fraction of sp³-hybridized carbons (Fsp3) is 0.364. The van der Waals surface area contributed by atoms with Gasteiger partial charge in [0.1, 0.15) is 11.6 Å². The largest absolute Gasteiger partial charge is 0.496 e. The first-order valence-corrected chi connectivity index (χ1v) is 5.11. The summed E-state index contributed by atoms with van der Waals surface area (Å²) in [6, 6.07) is 5.70. The molecule has 1 atom stereocenters. The Morgan fingerprint density at radius 2 is 2.38 bits per heavy atom. The number of benzene rings is 1. The molecule has 2 aliphatic heterocycles. The molecule has 2 N–H and O–H groups in total. The summed E-state index contributed by atoms with van der Waals surface area (Å²) in [6.07, 6.45) is 0.674. The number of hydrogen-bond donors (Lipinski definition) is 1. The predicted octanol–water partition coefficient (Wildman–Crippen LogP) is 0.919. The zero-order chi connectivity index (χ0) is 11.2. The molecule has 0 amide bonds. The van der Waals surface area contributed by atoms with E-state index in [0.29, 0.717) is 24.6 Å². The van der Waals surface area contributed by atoms with Crippen molar-refractivity contribution in [3.05, 3.63) is 29.3 Å². The number of methoxy groups -OCH3 is 1. The molecule has 0 radical (unpaired) electrons. The van der Waals surface area contributed by atoms with Crippen molar-refractivity contribution >= 4 is 5.84 Å². The first-order valence-electron chi connectivity index (χ1n) is 5.11. The molecule has 0 aliphatic carbocycles. The van der Waals surface area contributed by atoms with E-state index in [9.17, 15) is 0 Å². The molecule has 5 heteroatoms. The zero-order valence-corrected chi connectivity index (χ0v) is 8.90. The summed E-state index contributed by atoms with van der Waals surface area (Å²) in [7, 11) is 1.61. The maximum absolute atomic E-state index is 5.91. The summed E-state index contributed by atoms with van der Waals surface area (Å²) in [6.45, 7) is 0.521. The maximum atomic E-state index is 5.91. The average molecular weight is 220 g/mol. The van der Waals surface area contributed by atoms with Crippen molar-refractivity contribution in [2.24, 2.45) is 10.7 Å². The number of nitrogens with two attached hydrogens (primary N) is 1. The highest BCUT2D eigenvalue weighted by atomic mass is 17.2. The lowest BCUT2D eigenvalue weighted by molar-refractivity contribution is -0.310. The molecule has 1 spiro atoms. The van der Waals surface area contributed by atoms with E-state index in [4.69, 9.17) is 20.2 Å². The van der Waals surface area contributed by atoms with Crippen molar-refractivity contribution < 1.29 is 14.5 Å². The molecule has 0 aromatic heterocycles. The minimum atomic E-state index is -0.756. The standard InChI is InChI=1S/C11H12N2O3/c1-14-8-4-2-3-7-9(8)10(12)13-11(7)5-6-15-16-11/h2-4H,5-6H2,1H3,(H2,12,13). The third-order valence-corrected chi connectivity index (χ3v) is 2.95. The fourth-order valence-corrected chi connectivity index (χ4v) is 2.22. The van der Waals surface area contributed by atoms with Gasteiger partial charge in [-0.2, -0.15) is 0 Å². The van der Waals surface area contributed by atoms with Crippen LogP contribution >= 0.6 is 0 Å². The van der Waals surface area contributed by atoms with Gasteiger partial charge in [-0.3, -0.25) is 0 Å². The molecule has 2 heterocycles. The number of nitrogens with zero attached hydrogens (tertiary/aromatic N) is 1. The Hall–Kier alpha value is -1.59. The summed E-state index contributed by atoms with van der Waals surface area (Å²) in [4.78, 5) is 14.6. The molecule has 1 aromatic carbocycles. The van der Waals surface area contributed by atoms with Gasteiger partial charge in [0, 0.05) is 12.0 Å². The number of fused-ring (bicyclic) bond motifs is 2. The Morgan fingerprint density at radius 1 is 1.50 bits per heavy atom. The van der Waals surface area contributed by atoms with E-state index in [1.807, 2.05) is 18.2 Å². The third-order valence-electron chi connectivity index (χ3n) is 2.95. The van der Waals surface area contributed by atoms with Crippen molar-refractivity contribution in [2.45, 2.75) is 12.1 Å². The second kappa shape index (κ2) is 3.20. The highest BCUT2D eigenvalue weighted by Gasteiger charge is 2.46. The van der Waals surface area contributed by atoms with Crippen LogP contribution in [0.4, 0.5) is 0 Å². The van der Waals surface area contributed by atoms with E-state index in [1.165, 1.54) is 0 Å². The van der Waals surface area contributed by atoms with Crippen LogP contribution in [0.1, 0.15) is 17.5 Å². The normalized spacial score (nSPS) is 26.9. The Morgan fingerprint density at radius 3 is 3.06 bits per heavy atom. The van der Waals surface area contributed by atoms with Crippen molar-refractivity contribution in [3.63, 3.8) is 0 Å². The van der Waals surface area contributed by atoms with E-state index in [2.05, 4.69) is 4.99 Å². The summed E-state index contributed by atoms with van der Waals surface area (Å²) in [5, 5.41) is 0. The molecular formula is C11H12N2O3. The maximum Gasteiger partial charge on any atom is 0.223 e. The number of amidine groups is 1. The van der Waals surface area contributed by atoms with Gasteiger partial charge in [0.05, 0.1) is 19.3 Å². The smallest absolute Gasteiger partial charge is 0.223 e. The van der Waals surface area contributed by atoms with Crippen LogP contribution in [-0.4, -0.2) is 19.6 Å². The van der Waals surface area contributed by atoms with Gasteiger partial charge >= 0.3 is 0 Å². The van der Waals surface area contributed by atoms with Gasteiger partial charge < -0.3 is 10.5 Å². The van der Waals surface area contributed by atoms with Gasteiger partial charge in [0.2, 0.25) is 5.72 Å². The van der Waals surface area contributed by atoms with E-state index < -0.39 is 5.72 Å². The van der Waals surface area contributed by atoms with Crippen LogP contribution in [0.25, 0.3) is 0 Å². The molecule has 16 heavy (non-hydrogen) atoms. The van der Waals surface area contributed by atoms with Crippen LogP contribution in [-0.2, 0) is 15.5 Å². The monoisotopic (exact) mass is 220 g/mol. The summed E-state index contributed by atoms with van der Waals surface area (Å²) in [5.41, 5.74) is 6.89. The van der Waals surface area contributed by atoms with Gasteiger partial charge in [-0.05, 0) is 6.07 Å². The van der Waals surface area contributed by atoms with Crippen LogP contribution in [0.3, 0.4) is 0 Å². The third kappa shape index (κ3) is 1.10. The van der Waals surface area contributed by atoms with Crippen molar-refractivity contribution in [1.29, 1.82) is 0 Å². The number of hydrogen-bond acceptors (Lipinski definition) is 5. The number of ether oxygens (including phenoxy) is 1. The lowest BCUT2D eigenvalue weighted by atomic mass is 9.97. The number of aliphatic imine (C=N–C) groups is 1. The first-order chi connectivity index (χ1) is 7.77. The van der Waals surface area contributed by atoms with Crippen LogP contribution in [0.2, 0.25) is 0 Å². The van der Waals surface area contributed by atoms with Gasteiger partial charge in [-0.25, -0.2) is 14.8 Å². The molecule has 84 valence electrons. The highest BCUT2D eigenvalue weighted by Crippen LogP contribution is 2.44. The molecule has 1 fully saturated rings. The molecular weight excluding hydrogens is 208 g/mol. The average Bonchev–Trinajstić information content (AvgIpc) is 2.87. The van der Waals surface area contributed by atoms with Gasteiger partial charge in [0.25, 0.3) is 0 Å². The SMILES string of the molecule is COc1cccc2c1C(N)=NC21CCOO1. The minimum absolute atomic E-state index is 0.443. The van der Waals surface area contributed by atoms with Crippen molar-refractivity contribution in [3.8, 4) is 5.75 Å². The van der Waals surface area contributed by atoms with E-state index in [-0.39, 0.29) is 0 Å². The predicted molar refractivity (Wildman–Crippen MR) is 57.1 cm³/mol. The lowest BCUT2D eigenvalue weighted by Gasteiger charge is -2.17. The van der Waals surface area contributed by atoms with E-state index in [0.717, 1.165) is 11.1 Å². The van der Waals surface area contributed by atoms with Gasteiger partial charge in [-0.1, -0.05) is 12.1 Å². The van der Waals surface area contributed by atoms with E-state index >= 15 is 0 Å². The van der Waals surface area contributed by atoms with Crippen molar-refractivity contribution in [2.75, 3.05) is 13.7 Å². The molecule has 1 saturated heterocycles. The van der Waals surface area contributed by atoms with Gasteiger partial charge in [-0.15, -0.1) is 0 Å². The van der Waals surface area contributed by atoms with Crippen molar-refractivity contribution in [1.82, 2.24) is 0 Å². The Kier molecular flexibility index (Phi) is 1.92. The Labute approximate surface area is 92.7 Å². The van der Waals surface area contributed by atoms with E-state index in [1.54, 1.807) is 7.11 Å². The van der Waals surface area contributed by atoms with Crippen LogP contribution in [0.15, 0.2) is 23.2 Å². The topological polar surface area (TPSA) is 66.1 Å². The zero-order valence-electron chi connectivity index (χ0n) is 8.90. The summed E-state index contributed by atoms with van der Waals surface area (Å²) in [5.74, 6) is 1.16. The summed E-state index contributed by atoms with van der Waals surface area (Å²) < 4.78 is 5.27. The molecule has 5 nitrogen and oxygen atoms in total. The summed E-state index contributed by atoms with van der Waals surface area (Å²) >= 11 is 0. The molecule has 1 unspecified atom stereocenters. The van der Waals surface area contributed by atoms with Crippen LogP contribution in [0, 0.1) is 0 Å². The molecule has 0 bridgehead atoms. The lowest BCUT2D eigenvalue weighted by Crippen LogP contribution is -2.19. The number of rotatable bonds is 1. The van der Waals surface area contributed by atoms with Crippen LogP contribution < -0.4 is 10.5 Å². The fourth-order valence-electron chi connectivity index (χ4n) is 2.22. The molecule has 0 saturated carbocycles. The Balaban J connectivity index is 2.21. The Bertz CT molecular complexity index is 464. The van der Waals surface area contributed by atoms with Gasteiger partial charge in [0.15, 0.2) is 0 Å². The minimum Gasteiger partial charge on any atom is -0.496 e. The quantitative estimate of drug-likeness (QED) is 0.715. The highest BCUT2D eigenvalue weighted by molar-refractivity contribution is 6.04. The first kappa shape index (κ1) is 9.62. The molecule has 2 aliphatic rings. The second-order valence-electron chi connectivity index (χ2n) is 3.82. The second-order valence-corrected chi connectivity index (χ2v) is 3.82. The molecule has 3 rings (SSSR count). The molecule has 1 aromatic rings. The van der Waals surface area contributed by atoms with Crippen LogP contribution in [0.5, 0.6) is 5.75 Å².